The zero-order valence-corrected chi connectivity index (χ0v) is 14.2. The summed E-state index contributed by atoms with van der Waals surface area (Å²) in [7, 11) is 1.62. The Morgan fingerprint density at radius 1 is 1.29 bits per heavy atom. The van der Waals surface area contributed by atoms with E-state index in [0.29, 0.717) is 9.90 Å². The van der Waals surface area contributed by atoms with E-state index in [1.165, 1.54) is 11.3 Å². The van der Waals surface area contributed by atoms with Gasteiger partial charge >= 0.3 is 0 Å². The van der Waals surface area contributed by atoms with Crippen LogP contribution in [0.1, 0.15) is 36.4 Å². The molecule has 1 aromatic heterocycles. The maximum atomic E-state index is 12.7. The molecule has 0 saturated heterocycles. The van der Waals surface area contributed by atoms with Crippen molar-refractivity contribution in [3.63, 3.8) is 0 Å². The van der Waals surface area contributed by atoms with Crippen molar-refractivity contribution in [1.82, 2.24) is 4.90 Å². The monoisotopic (exact) mass is 325 g/mol. The number of carbonyl (C=O) groups excluding carboxylic acids is 1. The number of thiophene rings is 1. The van der Waals surface area contributed by atoms with E-state index >= 15 is 0 Å². The Hall–Kier alpha value is -1.26. The molecule has 0 unspecified atom stereocenters. The van der Waals surface area contributed by atoms with Crippen LogP contribution in [0.4, 0.5) is 0 Å². The van der Waals surface area contributed by atoms with E-state index in [4.69, 9.17) is 16.3 Å². The van der Waals surface area contributed by atoms with Crippen LogP contribution in [0.2, 0.25) is 5.02 Å². The number of ether oxygens (including phenoxy) is 1. The first-order chi connectivity index (χ1) is 10.1. The first-order valence-corrected chi connectivity index (χ1v) is 8.37. The van der Waals surface area contributed by atoms with Crippen LogP contribution < -0.4 is 4.74 Å². The van der Waals surface area contributed by atoms with Crippen LogP contribution in [0, 0.1) is 0 Å². The van der Waals surface area contributed by atoms with Crippen molar-refractivity contribution in [2.45, 2.75) is 26.7 Å². The molecule has 0 saturated carbocycles. The number of hydrogen-bond donors (Lipinski definition) is 0. The molecule has 2 rings (SSSR count). The summed E-state index contributed by atoms with van der Waals surface area (Å²) in [5, 5.41) is 1.42. The largest absolute Gasteiger partial charge is 0.497 e. The highest BCUT2D eigenvalue weighted by Gasteiger charge is 2.22. The van der Waals surface area contributed by atoms with Gasteiger partial charge in [0.2, 0.25) is 0 Å². The van der Waals surface area contributed by atoms with Gasteiger partial charge in [0.1, 0.15) is 10.6 Å². The van der Waals surface area contributed by atoms with Crippen molar-refractivity contribution in [2.24, 2.45) is 0 Å². The summed E-state index contributed by atoms with van der Waals surface area (Å²) in [6.07, 6.45) is 1.89. The van der Waals surface area contributed by atoms with Crippen LogP contribution in [-0.4, -0.2) is 31.0 Å². The summed E-state index contributed by atoms with van der Waals surface area (Å²) in [6.45, 7) is 5.68. The van der Waals surface area contributed by atoms with E-state index in [1.54, 1.807) is 7.11 Å². The van der Waals surface area contributed by atoms with Crippen molar-refractivity contribution in [2.75, 3.05) is 20.2 Å². The minimum absolute atomic E-state index is 0.0314. The van der Waals surface area contributed by atoms with E-state index in [1.807, 2.05) is 23.1 Å². The third kappa shape index (κ3) is 3.33. The number of amides is 1. The van der Waals surface area contributed by atoms with Gasteiger partial charge < -0.3 is 9.64 Å². The Morgan fingerprint density at radius 3 is 2.52 bits per heavy atom. The van der Waals surface area contributed by atoms with Crippen LogP contribution in [0.5, 0.6) is 5.75 Å². The quantitative estimate of drug-likeness (QED) is 0.761. The number of carbonyl (C=O) groups is 1. The predicted octanol–water partition coefficient (Wildman–Crippen LogP) is 4.83. The maximum Gasteiger partial charge on any atom is 0.265 e. The van der Waals surface area contributed by atoms with Crippen molar-refractivity contribution in [1.29, 1.82) is 0 Å². The highest BCUT2D eigenvalue weighted by molar-refractivity contribution is 7.21. The molecule has 5 heteroatoms. The highest BCUT2D eigenvalue weighted by Crippen LogP contribution is 2.38. The number of hydrogen-bond acceptors (Lipinski definition) is 3. The predicted molar refractivity (Wildman–Crippen MR) is 89.9 cm³/mol. The van der Waals surface area contributed by atoms with Gasteiger partial charge in [0.15, 0.2) is 0 Å². The first kappa shape index (κ1) is 16.1. The van der Waals surface area contributed by atoms with Crippen LogP contribution in [0.3, 0.4) is 0 Å². The van der Waals surface area contributed by atoms with E-state index in [-0.39, 0.29) is 5.91 Å². The number of nitrogens with zero attached hydrogens (tertiary/aromatic N) is 1. The molecule has 1 amide bonds. The van der Waals surface area contributed by atoms with E-state index in [0.717, 1.165) is 41.8 Å². The maximum absolute atomic E-state index is 12.7. The van der Waals surface area contributed by atoms with Crippen molar-refractivity contribution >= 4 is 38.9 Å². The molecule has 1 heterocycles. The number of fused-ring (bicyclic) bond motifs is 1. The lowest BCUT2D eigenvalue weighted by Crippen LogP contribution is -2.32. The molecule has 0 bridgehead atoms. The molecule has 0 radical (unpaired) electrons. The summed E-state index contributed by atoms with van der Waals surface area (Å²) in [5.41, 5.74) is 0. The summed E-state index contributed by atoms with van der Waals surface area (Å²) >= 11 is 7.89. The number of methoxy groups -OCH3 is 1. The average molecular weight is 326 g/mol. The highest BCUT2D eigenvalue weighted by atomic mass is 35.5. The zero-order chi connectivity index (χ0) is 15.4. The molecule has 0 spiro atoms. The molecule has 0 atom stereocenters. The molecule has 1 aromatic carbocycles. The number of rotatable bonds is 6. The second-order valence-electron chi connectivity index (χ2n) is 4.90. The lowest BCUT2D eigenvalue weighted by molar-refractivity contribution is 0.0760. The topological polar surface area (TPSA) is 29.5 Å². The van der Waals surface area contributed by atoms with Crippen molar-refractivity contribution in [3.05, 3.63) is 28.1 Å². The van der Waals surface area contributed by atoms with E-state index in [9.17, 15) is 4.79 Å². The van der Waals surface area contributed by atoms with Gasteiger partial charge in [-0.3, -0.25) is 4.79 Å². The lowest BCUT2D eigenvalue weighted by atomic mass is 10.2. The molecule has 0 aliphatic heterocycles. The fourth-order valence-electron chi connectivity index (χ4n) is 2.31. The smallest absolute Gasteiger partial charge is 0.265 e. The third-order valence-corrected chi connectivity index (χ3v) is 4.97. The standard InChI is InChI=1S/C16H20ClNO2S/c1-4-8-18(9-5-2)16(19)15-14(17)12-10-11(20-3)6-7-13(12)21-15/h6-7,10H,4-5,8-9H2,1-3H3. The van der Waals surface area contributed by atoms with Gasteiger partial charge in [-0.1, -0.05) is 25.4 Å². The number of benzene rings is 1. The molecule has 0 aliphatic carbocycles. The van der Waals surface area contributed by atoms with E-state index < -0.39 is 0 Å². The van der Waals surface area contributed by atoms with E-state index in [2.05, 4.69) is 13.8 Å². The van der Waals surface area contributed by atoms with Gasteiger partial charge in [-0.25, -0.2) is 0 Å². The minimum Gasteiger partial charge on any atom is -0.497 e. The second-order valence-corrected chi connectivity index (χ2v) is 6.33. The Bertz CT molecular complexity index is 632. The first-order valence-electron chi connectivity index (χ1n) is 7.17. The summed E-state index contributed by atoms with van der Waals surface area (Å²) in [6, 6.07) is 5.72. The van der Waals surface area contributed by atoms with Gasteiger partial charge in [0.05, 0.1) is 12.1 Å². The molecule has 2 aromatic rings. The summed E-state index contributed by atoms with van der Waals surface area (Å²) in [5.74, 6) is 0.782. The summed E-state index contributed by atoms with van der Waals surface area (Å²) < 4.78 is 6.23. The third-order valence-electron chi connectivity index (χ3n) is 3.30. The SMILES string of the molecule is CCCN(CCC)C(=O)c1sc2ccc(OC)cc2c1Cl. The van der Waals surface area contributed by atoms with Crippen LogP contribution >= 0.6 is 22.9 Å². The van der Waals surface area contributed by atoms with Crippen LogP contribution in [0.25, 0.3) is 10.1 Å². The second kappa shape index (κ2) is 7.14. The Morgan fingerprint density at radius 2 is 1.95 bits per heavy atom. The molecule has 3 nitrogen and oxygen atoms in total. The average Bonchev–Trinajstić information content (AvgIpc) is 2.83. The Labute approximate surface area is 134 Å². The van der Waals surface area contributed by atoms with Crippen molar-refractivity contribution in [3.8, 4) is 5.75 Å². The molecule has 114 valence electrons. The van der Waals surface area contributed by atoms with Gasteiger partial charge in [0, 0.05) is 23.2 Å². The van der Waals surface area contributed by atoms with Crippen LogP contribution in [-0.2, 0) is 0 Å². The molecular weight excluding hydrogens is 306 g/mol. The van der Waals surface area contributed by atoms with Gasteiger partial charge in [-0.15, -0.1) is 11.3 Å². The zero-order valence-electron chi connectivity index (χ0n) is 12.6. The normalized spacial score (nSPS) is 10.9. The van der Waals surface area contributed by atoms with Crippen molar-refractivity contribution < 1.29 is 9.53 Å². The molecule has 0 aliphatic rings. The van der Waals surface area contributed by atoms with Gasteiger partial charge in [-0.2, -0.15) is 0 Å². The van der Waals surface area contributed by atoms with Gasteiger partial charge in [-0.05, 0) is 31.0 Å². The fourth-order valence-corrected chi connectivity index (χ4v) is 3.76. The minimum atomic E-state index is 0.0314. The molecule has 21 heavy (non-hydrogen) atoms. The summed E-state index contributed by atoms with van der Waals surface area (Å²) in [4.78, 5) is 15.2. The molecule has 0 fully saturated rings. The van der Waals surface area contributed by atoms with Crippen LogP contribution in [0.15, 0.2) is 18.2 Å². The van der Waals surface area contributed by atoms with Gasteiger partial charge in [0.25, 0.3) is 5.91 Å². The Kier molecular flexibility index (Phi) is 5.48. The fraction of sp³-hybridized carbons (Fsp3) is 0.438. The Balaban J connectivity index is 2.40. The molecular formula is C16H20ClNO2S. The molecule has 0 N–H and O–H groups in total. The lowest BCUT2D eigenvalue weighted by Gasteiger charge is -2.20. The number of halogens is 1.